The van der Waals surface area contributed by atoms with E-state index in [1.807, 2.05) is 25.1 Å². The molecule has 2 unspecified atom stereocenters. The number of nitrogens with zero attached hydrogens (tertiary/aromatic N) is 2. The molecule has 1 saturated heterocycles. The Morgan fingerprint density at radius 2 is 1.97 bits per heavy atom. The van der Waals surface area contributed by atoms with E-state index in [1.165, 1.54) is 17.7 Å². The summed E-state index contributed by atoms with van der Waals surface area (Å²) in [5.41, 5.74) is 1.95. The van der Waals surface area contributed by atoms with Gasteiger partial charge >= 0.3 is 0 Å². The molecule has 1 N–H and O–H groups in total. The minimum absolute atomic E-state index is 0. The second-order valence-corrected chi connectivity index (χ2v) is 7.60. The fraction of sp³-hybridized carbons (Fsp3) is 0.435. The van der Waals surface area contributed by atoms with Gasteiger partial charge in [-0.3, -0.25) is 4.99 Å². The van der Waals surface area contributed by atoms with E-state index in [-0.39, 0.29) is 29.9 Å². The number of rotatable bonds is 7. The molecule has 2 atom stereocenters. The van der Waals surface area contributed by atoms with Gasteiger partial charge in [0.25, 0.3) is 0 Å². The number of nitrogens with one attached hydrogen (secondary N) is 1. The van der Waals surface area contributed by atoms with E-state index in [0.717, 1.165) is 37.6 Å². The molecule has 0 saturated carbocycles. The zero-order valence-corrected chi connectivity index (χ0v) is 19.8. The minimum atomic E-state index is -0.817. The molecule has 30 heavy (non-hydrogen) atoms. The fourth-order valence-electron chi connectivity index (χ4n) is 3.59. The van der Waals surface area contributed by atoms with Crippen LogP contribution < -0.4 is 5.32 Å². The van der Waals surface area contributed by atoms with Crippen LogP contribution in [0.25, 0.3) is 0 Å². The molecule has 164 valence electrons. The molecule has 0 amide bonds. The molecule has 7 heteroatoms. The first-order valence-electron chi connectivity index (χ1n) is 10.1. The maximum Gasteiger partial charge on any atom is 0.193 e. The van der Waals surface area contributed by atoms with Gasteiger partial charge in [-0.1, -0.05) is 43.3 Å². The van der Waals surface area contributed by atoms with Crippen LogP contribution in [0.15, 0.2) is 53.5 Å². The Bertz CT molecular complexity index is 819. The standard InChI is InChI=1S/C23H29F2N3O.HI/c1-17(20-8-9-21(24)22(25)12-20)13-27-23(26-2)28-11-10-19(14-28)16-29-15-18-6-4-3-5-7-18;/h3-9,12,17,19H,10-11,13-16H2,1-2H3,(H,26,27);1H. The molecule has 1 aliphatic heterocycles. The first kappa shape index (κ1) is 24.5. The zero-order chi connectivity index (χ0) is 20.6. The highest BCUT2D eigenvalue weighted by atomic mass is 127. The van der Waals surface area contributed by atoms with E-state index in [2.05, 4.69) is 27.3 Å². The molecule has 0 aromatic heterocycles. The number of aliphatic imine (C=N–C) groups is 1. The minimum Gasteiger partial charge on any atom is -0.376 e. The van der Waals surface area contributed by atoms with Crippen LogP contribution in [0.5, 0.6) is 0 Å². The Morgan fingerprint density at radius 3 is 2.67 bits per heavy atom. The lowest BCUT2D eigenvalue weighted by molar-refractivity contribution is 0.0906. The van der Waals surface area contributed by atoms with Crippen molar-refractivity contribution in [2.45, 2.75) is 25.9 Å². The normalized spacial score (nSPS) is 17.5. The van der Waals surface area contributed by atoms with E-state index in [0.29, 0.717) is 19.1 Å². The number of hydrogen-bond acceptors (Lipinski definition) is 2. The molecule has 0 spiro atoms. The topological polar surface area (TPSA) is 36.9 Å². The number of guanidine groups is 1. The molecule has 2 aromatic rings. The van der Waals surface area contributed by atoms with Crippen LogP contribution in [0.1, 0.15) is 30.4 Å². The van der Waals surface area contributed by atoms with Gasteiger partial charge in [0.1, 0.15) is 0 Å². The highest BCUT2D eigenvalue weighted by Gasteiger charge is 2.25. The van der Waals surface area contributed by atoms with Crippen LogP contribution in [0.3, 0.4) is 0 Å². The molecule has 1 aliphatic rings. The van der Waals surface area contributed by atoms with Crippen molar-refractivity contribution < 1.29 is 13.5 Å². The second kappa shape index (κ2) is 12.2. The summed E-state index contributed by atoms with van der Waals surface area (Å²) in [5, 5.41) is 3.37. The summed E-state index contributed by atoms with van der Waals surface area (Å²) in [7, 11) is 1.77. The Kier molecular flexibility index (Phi) is 9.97. The molecule has 1 fully saturated rings. The van der Waals surface area contributed by atoms with Gasteiger partial charge in [-0.05, 0) is 35.6 Å². The smallest absolute Gasteiger partial charge is 0.193 e. The van der Waals surface area contributed by atoms with Gasteiger partial charge in [-0.2, -0.15) is 0 Å². The van der Waals surface area contributed by atoms with Crippen LogP contribution in [0.4, 0.5) is 8.78 Å². The maximum atomic E-state index is 13.5. The molecule has 2 aromatic carbocycles. The summed E-state index contributed by atoms with van der Waals surface area (Å²) < 4.78 is 32.5. The van der Waals surface area contributed by atoms with Crippen LogP contribution >= 0.6 is 24.0 Å². The highest BCUT2D eigenvalue weighted by Crippen LogP contribution is 2.19. The average molecular weight is 529 g/mol. The largest absolute Gasteiger partial charge is 0.376 e. The Labute approximate surface area is 194 Å². The summed E-state index contributed by atoms with van der Waals surface area (Å²) in [6.07, 6.45) is 1.06. The first-order valence-corrected chi connectivity index (χ1v) is 10.1. The number of ether oxygens (including phenoxy) is 1. The van der Waals surface area contributed by atoms with E-state index in [4.69, 9.17) is 4.74 Å². The predicted octanol–water partition coefficient (Wildman–Crippen LogP) is 4.80. The molecule has 0 radical (unpaired) electrons. The van der Waals surface area contributed by atoms with Crippen LogP contribution in [-0.2, 0) is 11.3 Å². The molecular weight excluding hydrogens is 499 g/mol. The van der Waals surface area contributed by atoms with E-state index >= 15 is 0 Å². The van der Waals surface area contributed by atoms with Crippen molar-refractivity contribution in [3.05, 3.63) is 71.3 Å². The van der Waals surface area contributed by atoms with Gasteiger partial charge in [0.05, 0.1) is 13.2 Å². The summed E-state index contributed by atoms with van der Waals surface area (Å²) in [6.45, 7) is 5.77. The number of benzene rings is 2. The quantitative estimate of drug-likeness (QED) is 0.318. The van der Waals surface area contributed by atoms with E-state index in [9.17, 15) is 8.78 Å². The van der Waals surface area contributed by atoms with Crippen molar-refractivity contribution in [3.63, 3.8) is 0 Å². The lowest BCUT2D eigenvalue weighted by atomic mass is 10.0. The summed E-state index contributed by atoms with van der Waals surface area (Å²) in [6, 6.07) is 14.3. The summed E-state index contributed by atoms with van der Waals surface area (Å²) in [5.74, 6) is -0.278. The van der Waals surface area contributed by atoms with Gasteiger partial charge in [0, 0.05) is 32.6 Å². The summed E-state index contributed by atoms with van der Waals surface area (Å²) in [4.78, 5) is 6.62. The molecule has 4 nitrogen and oxygen atoms in total. The average Bonchev–Trinajstić information content (AvgIpc) is 3.20. The van der Waals surface area contributed by atoms with Gasteiger partial charge in [-0.15, -0.1) is 24.0 Å². The van der Waals surface area contributed by atoms with Gasteiger partial charge in [0.15, 0.2) is 17.6 Å². The fourth-order valence-corrected chi connectivity index (χ4v) is 3.59. The number of halogens is 3. The van der Waals surface area contributed by atoms with Crippen molar-refractivity contribution >= 4 is 29.9 Å². The van der Waals surface area contributed by atoms with Crippen molar-refractivity contribution in [1.82, 2.24) is 10.2 Å². The zero-order valence-electron chi connectivity index (χ0n) is 17.5. The maximum absolute atomic E-state index is 13.5. The molecule has 1 heterocycles. The predicted molar refractivity (Wildman–Crippen MR) is 127 cm³/mol. The van der Waals surface area contributed by atoms with Crippen molar-refractivity contribution in [2.75, 3.05) is 33.3 Å². The molecular formula is C23H30F2IN3O. The van der Waals surface area contributed by atoms with Crippen LogP contribution in [0, 0.1) is 17.6 Å². The van der Waals surface area contributed by atoms with Crippen LogP contribution in [-0.4, -0.2) is 44.1 Å². The third-order valence-electron chi connectivity index (χ3n) is 5.34. The van der Waals surface area contributed by atoms with E-state index < -0.39 is 11.6 Å². The first-order chi connectivity index (χ1) is 14.1. The molecule has 3 rings (SSSR count). The highest BCUT2D eigenvalue weighted by molar-refractivity contribution is 14.0. The number of likely N-dealkylation sites (tertiary alicyclic amines) is 1. The second-order valence-electron chi connectivity index (χ2n) is 7.60. The van der Waals surface area contributed by atoms with Gasteiger partial charge < -0.3 is 15.0 Å². The summed E-state index contributed by atoms with van der Waals surface area (Å²) >= 11 is 0. The third kappa shape index (κ3) is 6.91. The van der Waals surface area contributed by atoms with Crippen molar-refractivity contribution in [2.24, 2.45) is 10.9 Å². The van der Waals surface area contributed by atoms with Gasteiger partial charge in [0.2, 0.25) is 0 Å². The van der Waals surface area contributed by atoms with Gasteiger partial charge in [-0.25, -0.2) is 8.78 Å². The lowest BCUT2D eigenvalue weighted by Crippen LogP contribution is -2.41. The number of hydrogen-bond donors (Lipinski definition) is 1. The Hall–Kier alpha value is -1.74. The van der Waals surface area contributed by atoms with Crippen LogP contribution in [0.2, 0.25) is 0 Å². The Morgan fingerprint density at radius 1 is 1.20 bits per heavy atom. The van der Waals surface area contributed by atoms with E-state index in [1.54, 1.807) is 13.1 Å². The monoisotopic (exact) mass is 529 g/mol. The van der Waals surface area contributed by atoms with Crippen molar-refractivity contribution in [3.8, 4) is 0 Å². The third-order valence-corrected chi connectivity index (χ3v) is 5.34. The lowest BCUT2D eigenvalue weighted by Gasteiger charge is -2.23. The Balaban J connectivity index is 0.00000320. The SMILES string of the molecule is CN=C(NCC(C)c1ccc(F)c(F)c1)N1CCC(COCc2ccccc2)C1.I. The molecule has 0 bridgehead atoms. The molecule has 0 aliphatic carbocycles. The van der Waals surface area contributed by atoms with Crippen molar-refractivity contribution in [1.29, 1.82) is 0 Å².